The molecule has 0 aromatic heterocycles. The van der Waals surface area contributed by atoms with Crippen LogP contribution in [0.3, 0.4) is 0 Å². The third-order valence-electron chi connectivity index (χ3n) is 3.26. The van der Waals surface area contributed by atoms with Crippen LogP contribution in [0, 0.1) is 10.1 Å². The molecule has 0 bridgehead atoms. The van der Waals surface area contributed by atoms with Crippen molar-refractivity contribution in [3.63, 3.8) is 0 Å². The van der Waals surface area contributed by atoms with Gasteiger partial charge in [0.05, 0.1) is 11.0 Å². The highest BCUT2D eigenvalue weighted by atomic mass is 16.6. The van der Waals surface area contributed by atoms with E-state index in [0.717, 1.165) is 5.56 Å². The Labute approximate surface area is 133 Å². The molecule has 7 heteroatoms. The van der Waals surface area contributed by atoms with Gasteiger partial charge in [-0.25, -0.2) is 4.79 Å². The molecule has 2 rings (SSSR count). The summed E-state index contributed by atoms with van der Waals surface area (Å²) in [7, 11) is 0. The Morgan fingerprint density at radius 3 is 2.35 bits per heavy atom. The Hall–Kier alpha value is -2.93. The van der Waals surface area contributed by atoms with Crippen molar-refractivity contribution in [3.8, 4) is 0 Å². The number of benzene rings is 2. The molecule has 0 radical (unpaired) electrons. The summed E-state index contributed by atoms with van der Waals surface area (Å²) in [5.41, 5.74) is 1.29. The van der Waals surface area contributed by atoms with Crippen LogP contribution in [0.5, 0.6) is 0 Å². The summed E-state index contributed by atoms with van der Waals surface area (Å²) in [4.78, 5) is 22.1. The van der Waals surface area contributed by atoms with Gasteiger partial charge in [0.2, 0.25) is 0 Å². The number of carbonyl (C=O) groups is 1. The fourth-order valence-electron chi connectivity index (χ4n) is 2.13. The molecule has 3 N–H and O–H groups in total. The monoisotopic (exact) mass is 315 g/mol. The van der Waals surface area contributed by atoms with Gasteiger partial charge in [-0.15, -0.1) is 0 Å². The number of anilines is 1. The minimum Gasteiger partial charge on any atom is -0.396 e. The van der Waals surface area contributed by atoms with Crippen LogP contribution >= 0.6 is 0 Å². The molecule has 0 spiro atoms. The molecule has 0 saturated carbocycles. The molecule has 120 valence electrons. The smallest absolute Gasteiger partial charge is 0.319 e. The number of nitro benzene ring substituents is 1. The first-order chi connectivity index (χ1) is 11.1. The minimum absolute atomic E-state index is 0.0431. The number of carbonyl (C=O) groups excluding carboxylic acids is 1. The van der Waals surface area contributed by atoms with Crippen LogP contribution in [0.4, 0.5) is 16.2 Å². The van der Waals surface area contributed by atoms with E-state index in [1.54, 1.807) is 0 Å². The SMILES string of the molecule is O=C(Nc1ccc([N+](=O)[O-])cc1)N[C@H](CCO)c1ccccc1. The Morgan fingerprint density at radius 1 is 1.13 bits per heavy atom. The molecule has 0 fully saturated rings. The Bertz CT molecular complexity index is 659. The number of nitro groups is 1. The van der Waals surface area contributed by atoms with Gasteiger partial charge in [0.1, 0.15) is 0 Å². The molecule has 0 aliphatic rings. The van der Waals surface area contributed by atoms with Gasteiger partial charge in [0, 0.05) is 24.4 Å². The van der Waals surface area contributed by atoms with E-state index in [-0.39, 0.29) is 18.3 Å². The molecule has 0 aliphatic carbocycles. The summed E-state index contributed by atoms with van der Waals surface area (Å²) in [5.74, 6) is 0. The summed E-state index contributed by atoms with van der Waals surface area (Å²) in [5, 5.41) is 25.1. The number of rotatable bonds is 6. The Kier molecular flexibility index (Phi) is 5.65. The number of urea groups is 1. The molecule has 2 aromatic carbocycles. The molecule has 23 heavy (non-hydrogen) atoms. The second-order valence-corrected chi connectivity index (χ2v) is 4.88. The lowest BCUT2D eigenvalue weighted by Crippen LogP contribution is -2.33. The van der Waals surface area contributed by atoms with Gasteiger partial charge >= 0.3 is 6.03 Å². The number of aliphatic hydroxyl groups excluding tert-OH is 1. The van der Waals surface area contributed by atoms with Gasteiger partial charge in [-0.05, 0) is 24.1 Å². The van der Waals surface area contributed by atoms with E-state index in [0.29, 0.717) is 12.1 Å². The van der Waals surface area contributed by atoms with Gasteiger partial charge in [0.25, 0.3) is 5.69 Å². The normalized spacial score (nSPS) is 11.5. The topological polar surface area (TPSA) is 104 Å². The van der Waals surface area contributed by atoms with Gasteiger partial charge in [-0.3, -0.25) is 10.1 Å². The lowest BCUT2D eigenvalue weighted by atomic mass is 10.0. The van der Waals surface area contributed by atoms with E-state index in [2.05, 4.69) is 10.6 Å². The number of non-ortho nitro benzene ring substituents is 1. The van der Waals surface area contributed by atoms with E-state index >= 15 is 0 Å². The van der Waals surface area contributed by atoms with Crippen LogP contribution in [0.1, 0.15) is 18.0 Å². The minimum atomic E-state index is -0.503. The molecule has 0 aliphatic heterocycles. The zero-order valence-corrected chi connectivity index (χ0v) is 12.3. The van der Waals surface area contributed by atoms with Gasteiger partial charge in [0.15, 0.2) is 0 Å². The van der Waals surface area contributed by atoms with Crippen LogP contribution in [0.25, 0.3) is 0 Å². The van der Waals surface area contributed by atoms with Crippen molar-refractivity contribution in [2.24, 2.45) is 0 Å². The lowest BCUT2D eigenvalue weighted by molar-refractivity contribution is -0.384. The standard InChI is InChI=1S/C16H17N3O4/c20-11-10-15(12-4-2-1-3-5-12)18-16(21)17-13-6-8-14(9-7-13)19(22)23/h1-9,15,20H,10-11H2,(H2,17,18,21)/t15-/m1/s1. The fourth-order valence-corrected chi connectivity index (χ4v) is 2.13. The third kappa shape index (κ3) is 4.79. The van der Waals surface area contributed by atoms with E-state index < -0.39 is 11.0 Å². The van der Waals surface area contributed by atoms with Crippen LogP contribution in [0.2, 0.25) is 0 Å². The quantitative estimate of drug-likeness (QED) is 0.563. The van der Waals surface area contributed by atoms with Gasteiger partial charge in [-0.2, -0.15) is 0 Å². The summed E-state index contributed by atoms with van der Waals surface area (Å²) in [6.07, 6.45) is 0.387. The van der Waals surface area contributed by atoms with Crippen molar-refractivity contribution in [2.75, 3.05) is 11.9 Å². The number of nitrogens with zero attached hydrogens (tertiary/aromatic N) is 1. The summed E-state index contributed by atoms with van der Waals surface area (Å²) in [6, 6.07) is 14.1. The van der Waals surface area contributed by atoms with Crippen molar-refractivity contribution in [2.45, 2.75) is 12.5 Å². The maximum absolute atomic E-state index is 12.1. The van der Waals surface area contributed by atoms with E-state index in [1.807, 2.05) is 30.3 Å². The fraction of sp³-hybridized carbons (Fsp3) is 0.188. The number of amides is 2. The zero-order chi connectivity index (χ0) is 16.7. The molecule has 7 nitrogen and oxygen atoms in total. The highest BCUT2D eigenvalue weighted by Crippen LogP contribution is 2.18. The largest absolute Gasteiger partial charge is 0.396 e. The first-order valence-corrected chi connectivity index (χ1v) is 7.08. The highest BCUT2D eigenvalue weighted by molar-refractivity contribution is 5.89. The Morgan fingerprint density at radius 2 is 1.78 bits per heavy atom. The molecular formula is C16H17N3O4. The molecular weight excluding hydrogens is 298 g/mol. The van der Waals surface area contributed by atoms with Crippen molar-refractivity contribution in [1.82, 2.24) is 5.32 Å². The predicted molar refractivity (Wildman–Crippen MR) is 86.1 cm³/mol. The summed E-state index contributed by atoms with van der Waals surface area (Å²) in [6.45, 7) is -0.0582. The maximum atomic E-state index is 12.1. The number of nitrogens with one attached hydrogen (secondary N) is 2. The molecule has 0 saturated heterocycles. The molecule has 0 heterocycles. The first kappa shape index (κ1) is 16.4. The van der Waals surface area contributed by atoms with Crippen LogP contribution in [-0.2, 0) is 0 Å². The number of aliphatic hydroxyl groups is 1. The second kappa shape index (κ2) is 7.90. The van der Waals surface area contributed by atoms with E-state index in [9.17, 15) is 14.9 Å². The summed E-state index contributed by atoms with van der Waals surface area (Å²) >= 11 is 0. The van der Waals surface area contributed by atoms with Crippen LogP contribution in [-0.4, -0.2) is 22.7 Å². The summed E-state index contributed by atoms with van der Waals surface area (Å²) < 4.78 is 0. The van der Waals surface area contributed by atoms with Crippen molar-refractivity contribution < 1.29 is 14.8 Å². The molecule has 2 amide bonds. The molecule has 1 atom stereocenters. The Balaban J connectivity index is 2.00. The molecule has 0 unspecified atom stereocenters. The second-order valence-electron chi connectivity index (χ2n) is 4.88. The number of hydrogen-bond acceptors (Lipinski definition) is 4. The first-order valence-electron chi connectivity index (χ1n) is 7.08. The maximum Gasteiger partial charge on any atom is 0.319 e. The molecule has 2 aromatic rings. The van der Waals surface area contributed by atoms with Gasteiger partial charge < -0.3 is 15.7 Å². The lowest BCUT2D eigenvalue weighted by Gasteiger charge is -2.18. The van der Waals surface area contributed by atoms with E-state index in [4.69, 9.17) is 5.11 Å². The highest BCUT2D eigenvalue weighted by Gasteiger charge is 2.14. The zero-order valence-electron chi connectivity index (χ0n) is 12.3. The average molecular weight is 315 g/mol. The third-order valence-corrected chi connectivity index (χ3v) is 3.26. The number of hydrogen-bond donors (Lipinski definition) is 3. The van der Waals surface area contributed by atoms with Crippen LogP contribution in [0.15, 0.2) is 54.6 Å². The van der Waals surface area contributed by atoms with Crippen molar-refractivity contribution >= 4 is 17.4 Å². The van der Waals surface area contributed by atoms with Crippen molar-refractivity contribution in [3.05, 3.63) is 70.3 Å². The van der Waals surface area contributed by atoms with Gasteiger partial charge in [-0.1, -0.05) is 30.3 Å². The van der Waals surface area contributed by atoms with Crippen molar-refractivity contribution in [1.29, 1.82) is 0 Å². The average Bonchev–Trinajstić information content (AvgIpc) is 2.55. The van der Waals surface area contributed by atoms with E-state index in [1.165, 1.54) is 24.3 Å². The predicted octanol–water partition coefficient (Wildman–Crippen LogP) is 2.84. The van der Waals surface area contributed by atoms with Crippen LogP contribution < -0.4 is 10.6 Å².